The van der Waals surface area contributed by atoms with Gasteiger partial charge >= 0.3 is 148 Å². The Balaban J connectivity index is 0.000000326. The summed E-state index contributed by atoms with van der Waals surface area (Å²) < 4.78 is 11.0. The molecule has 0 aliphatic heterocycles. The Labute approximate surface area is 759 Å². The van der Waals surface area contributed by atoms with Crippen molar-refractivity contribution in [1.29, 1.82) is 0 Å². The minimum Gasteiger partial charge on any atom is -0.478 e. The van der Waals surface area contributed by atoms with E-state index >= 15 is 0 Å². The zero-order chi connectivity index (χ0) is 95.4. The number of likely N-dealkylation sites (N-methyl/N-ethyl adjacent to an activating group) is 2. The van der Waals surface area contributed by atoms with Crippen LogP contribution in [0.15, 0.2) is 170 Å². The average molecular weight is 1840 g/mol. The zero-order valence-corrected chi connectivity index (χ0v) is 74.2. The van der Waals surface area contributed by atoms with Gasteiger partial charge in [0.05, 0.1) is 36.3 Å². The number of nitrogens with zero attached hydrogens (tertiary/aromatic N) is 3. The molecule has 1 aromatic heterocycles. The summed E-state index contributed by atoms with van der Waals surface area (Å²) in [6, 6.07) is 41.6. The van der Waals surface area contributed by atoms with E-state index < -0.39 is 108 Å². The summed E-state index contributed by atoms with van der Waals surface area (Å²) in [6.07, 6.45) is 0.400. The molecule has 38 nitrogen and oxygen atoms in total. The van der Waals surface area contributed by atoms with E-state index in [9.17, 15) is 76.6 Å². The molecule has 7 aromatic carbocycles. The molecule has 8 aromatic rings. The Hall–Kier alpha value is -13.5. The first kappa shape index (κ1) is 106. The number of nitrogens with two attached hydrogens (primary N) is 2. The number of primary amides is 1. The average Bonchev–Trinajstić information content (AvgIpc) is 1.71. The minimum absolute atomic E-state index is 0.00453. The Morgan fingerprint density at radius 2 is 0.837 bits per heavy atom. The van der Waals surface area contributed by atoms with Gasteiger partial charge in [-0.1, -0.05) is 165 Å². The van der Waals surface area contributed by atoms with E-state index in [1.54, 1.807) is 64.1 Å². The monoisotopic (exact) mass is 1840 g/mol. The Kier molecular flexibility index (Phi) is 45.3. The molecule has 20 N–H and O–H groups in total. The van der Waals surface area contributed by atoms with Crippen LogP contribution in [0.4, 0.5) is 0 Å². The minimum atomic E-state index is -1.68. The maximum atomic E-state index is 13.1. The number of carboxylic acids is 1. The van der Waals surface area contributed by atoms with Gasteiger partial charge in [-0.05, 0) is 76.2 Å². The molecule has 129 heavy (non-hydrogen) atoms. The van der Waals surface area contributed by atoms with Gasteiger partial charge in [-0.3, -0.25) is 57.5 Å². The van der Waals surface area contributed by atoms with Crippen molar-refractivity contribution in [2.24, 2.45) is 29.2 Å². The number of hydrogen-bond donors (Lipinski definition) is 18. The van der Waals surface area contributed by atoms with E-state index in [1.165, 1.54) is 73.5 Å². The molecule has 8 rings (SSSR count). The Morgan fingerprint density at radius 1 is 0.450 bits per heavy atom. The number of benzene rings is 7. The van der Waals surface area contributed by atoms with Gasteiger partial charge in [0.15, 0.2) is 5.75 Å². The third-order valence-electron chi connectivity index (χ3n) is 18.7. The topological polar surface area (TPSA) is 582 Å². The van der Waals surface area contributed by atoms with Crippen molar-refractivity contribution < 1.29 is 96.6 Å². The molecule has 0 bridgehead atoms. The Morgan fingerprint density at radius 3 is 1.21 bits per heavy atom. The van der Waals surface area contributed by atoms with Crippen LogP contribution >= 0.6 is 34.8 Å². The molecule has 14 amide bonds. The molecule has 0 radical (unpaired) electrons. The van der Waals surface area contributed by atoms with Crippen molar-refractivity contribution in [3.8, 4) is 5.75 Å². The first-order valence-electron chi connectivity index (χ1n) is 40.5. The fourth-order valence-corrected chi connectivity index (χ4v) is 12.2. The molecule has 0 aliphatic rings. The second-order valence-electron chi connectivity index (χ2n) is 29.6. The molecular weight excluding hydrogens is 1730 g/mol. The smallest absolute Gasteiger partial charge is 0.478 e. The van der Waals surface area contributed by atoms with Crippen LogP contribution in [0.2, 0.25) is 15.1 Å². The van der Waals surface area contributed by atoms with Crippen molar-refractivity contribution in [2.45, 2.75) is 116 Å². The number of halogens is 3. The normalized spacial score (nSPS) is 11.9. The quantitative estimate of drug-likeness (QED) is 0.0227. The van der Waals surface area contributed by atoms with Crippen LogP contribution in [0.1, 0.15) is 109 Å². The summed E-state index contributed by atoms with van der Waals surface area (Å²) in [4.78, 5) is 190. The summed E-state index contributed by atoms with van der Waals surface area (Å²) in [7, 11) is 1.81. The maximum absolute atomic E-state index is 13.1. The number of carboxylic acid groups (broad SMARTS) is 1. The number of rotatable bonds is 42. The molecular formula is C86H105B2Cl3N18O20. The van der Waals surface area contributed by atoms with Crippen molar-refractivity contribution in [2.75, 3.05) is 53.4 Å². The number of carbonyl (C=O) groups excluding carboxylic acids is 14. The second-order valence-corrected chi connectivity index (χ2v) is 30.9. The molecule has 0 spiro atoms. The van der Waals surface area contributed by atoms with Gasteiger partial charge in [0, 0.05) is 75.3 Å². The van der Waals surface area contributed by atoms with Crippen LogP contribution in [-0.2, 0) is 81.5 Å². The molecule has 0 saturated carbocycles. The van der Waals surface area contributed by atoms with Crippen LogP contribution in [0.5, 0.6) is 5.75 Å². The predicted molar refractivity (Wildman–Crippen MR) is 481 cm³/mol. The molecule has 43 heteroatoms. The summed E-state index contributed by atoms with van der Waals surface area (Å²) in [5.41, 5.74) is 15.3. The van der Waals surface area contributed by atoms with Crippen LogP contribution in [0.25, 0.3) is 11.0 Å². The van der Waals surface area contributed by atoms with Crippen LogP contribution in [0, 0.1) is 17.8 Å². The van der Waals surface area contributed by atoms with Crippen LogP contribution in [-0.4, -0.2) is 223 Å². The number of carbonyl (C=O) groups is 15. The standard InChI is InChI=1S/C32H35ClN8O6.C27H33BClN5O6.C20H31N5O4.C7H6BClO4/c1-19(2)29(38-30(44)21-12-13-26(22(33)17-21)47-41-25-11-7-6-10-23(25)39-40-41)32(46)35-15-14-28(43)37-24(31(45)36-18-27(34)42)16-20-8-4-3-5-9-20;1-16(2)24(34-25(37)18-9-10-19(28-40)20(29)14-18)27(39)31-12-11-22(35)33-21(13-17-7-5-4-6-8-17)26(38)32-15-23(36)30-3;1-13(2)18(21)20(29)23-10-9-16(26)25-15(11-14-7-5-4-6-8-14)19(28)24-12-17(27)22-3;9-6-3-4(7(10)11)1-2-5(6)8(12)13/h3-13,17,19,24,29H,14-16,18H2,1-2H3,(H2,34,42)(H,35,46)(H,36,45)(H,37,43)(H,38,44);4-10,14,16,21,24H,11-13,15H2,1-3H3,(H,30,36)(H,31,39)(H,32,38)(H,33,35)(H,34,37);4-8,13,15,18H,9-12,21H2,1-3H3,(H,22,27)(H,23,29)(H,24,28)(H,25,26);1-3,12-13H,(H,10,11)/t24-,29-;21-,24-;15-,18-;/m000./s1. The summed E-state index contributed by atoms with van der Waals surface area (Å²) in [5.74, 6) is -8.20. The van der Waals surface area contributed by atoms with E-state index in [1.807, 2.05) is 92.7 Å². The van der Waals surface area contributed by atoms with Crippen molar-refractivity contribution >= 4 is 160 Å². The predicted octanol–water partition coefficient (Wildman–Crippen LogP) is 0.166. The Bertz CT molecular complexity index is 5180. The molecule has 0 aliphatic carbocycles. The van der Waals surface area contributed by atoms with Gasteiger partial charge in [0.25, 0.3) is 5.91 Å². The van der Waals surface area contributed by atoms with Gasteiger partial charge in [0.1, 0.15) is 35.2 Å². The van der Waals surface area contributed by atoms with E-state index in [-0.39, 0.29) is 168 Å². The van der Waals surface area contributed by atoms with Crippen molar-refractivity contribution in [3.63, 3.8) is 0 Å². The largest absolute Gasteiger partial charge is 0.489 e. The molecule has 0 unspecified atom stereocenters. The fraction of sp³-hybridized carbons (Fsp3) is 0.337. The molecule has 6 atom stereocenters. The van der Waals surface area contributed by atoms with Crippen molar-refractivity contribution in [3.05, 3.63) is 218 Å². The third kappa shape index (κ3) is 37.5. The van der Waals surface area contributed by atoms with Gasteiger partial charge in [0.2, 0.25) is 59.1 Å². The van der Waals surface area contributed by atoms with Gasteiger partial charge < -0.3 is 89.9 Å². The van der Waals surface area contributed by atoms with E-state index in [4.69, 9.17) is 66.3 Å². The molecule has 0 saturated heterocycles. The maximum Gasteiger partial charge on any atom is 0.489 e. The summed E-state index contributed by atoms with van der Waals surface area (Å²) in [5, 5.41) is 67.8. The van der Waals surface area contributed by atoms with E-state index in [0.717, 1.165) is 16.7 Å². The number of fused-ring (bicyclic) bond motifs is 1. The molecule has 1 heterocycles. The molecule has 0 fully saturated rings. The first-order chi connectivity index (χ1) is 61.3. The van der Waals surface area contributed by atoms with Gasteiger partial charge in [-0.25, -0.2) is 4.79 Å². The van der Waals surface area contributed by atoms with Gasteiger partial charge in [-0.15, -0.1) is 5.10 Å². The number of aromatic carboxylic acids is 1. The number of aromatic nitrogens is 3. The number of para-hydroxylation sites is 1. The summed E-state index contributed by atoms with van der Waals surface area (Å²) in [6.45, 7) is 9.95. The second kappa shape index (κ2) is 55.2. The number of hydrogen-bond acceptors (Lipinski definition) is 22. The number of amides is 14. The van der Waals surface area contributed by atoms with E-state index in [0.29, 0.717) is 18.2 Å². The van der Waals surface area contributed by atoms with Crippen LogP contribution in [0.3, 0.4) is 0 Å². The SMILES string of the molecule is CC(C)[C@H](NC(=O)c1ccc(On2nnc3ccccc32)c(Cl)c1)C(=O)NCCC(=O)N[C@@H](Cc1ccccc1)C(=O)NCC(N)=O.CNC(=O)CNC(=O)[C@H](Cc1ccccc1)NC(=O)CCNC(=O)[C@@H](N)C(C)C.CNC(=O)CNC(=O)[C@H](Cc1ccccc1)NC(=O)CCNC(=O)[C@@H](NC(=O)c1ccc(B=O)c(Cl)c1)C(C)C.O=C(O)c1ccc(B(O)O)c(Cl)c1. The zero-order valence-electron chi connectivity index (χ0n) is 71.9. The van der Waals surface area contributed by atoms with Crippen LogP contribution < -0.4 is 96.3 Å². The fourth-order valence-electron chi connectivity index (χ4n) is 11.4. The first-order valence-corrected chi connectivity index (χ1v) is 41.6. The number of nitrogens with one attached hydrogen (secondary N) is 13. The van der Waals surface area contributed by atoms with Crippen molar-refractivity contribution in [1.82, 2.24) is 84.3 Å². The van der Waals surface area contributed by atoms with Gasteiger partial charge in [-0.2, -0.15) is 0 Å². The van der Waals surface area contributed by atoms with E-state index in [2.05, 4.69) is 79.4 Å². The molecule has 686 valence electrons. The summed E-state index contributed by atoms with van der Waals surface area (Å²) >= 11 is 18.0. The third-order valence-corrected chi connectivity index (χ3v) is 19.7.